The van der Waals surface area contributed by atoms with Crippen molar-refractivity contribution < 1.29 is 28.5 Å². The molecule has 2 heterocycles. The molecule has 254 valence electrons. The molecule has 0 radical (unpaired) electrons. The van der Waals surface area contributed by atoms with Crippen LogP contribution in [0.15, 0.2) is 30.3 Å². The van der Waals surface area contributed by atoms with Crippen LogP contribution in [0.5, 0.6) is 23.0 Å². The molecule has 8 nitrogen and oxygen atoms in total. The first kappa shape index (κ1) is 32.4. The Morgan fingerprint density at radius 1 is 0.851 bits per heavy atom. The van der Waals surface area contributed by atoms with Gasteiger partial charge in [0.25, 0.3) is 0 Å². The molecule has 2 saturated carbocycles. The van der Waals surface area contributed by atoms with Gasteiger partial charge in [-0.2, -0.15) is 0 Å². The Labute approximate surface area is 280 Å². The minimum atomic E-state index is -0.151. The van der Waals surface area contributed by atoms with Gasteiger partial charge in [0, 0.05) is 53.5 Å². The molecular weight excluding hydrogens is 592 g/mol. The van der Waals surface area contributed by atoms with Crippen LogP contribution in [0, 0.1) is 11.8 Å². The number of benzene rings is 2. The minimum absolute atomic E-state index is 0.0000368. The Hall–Kier alpha value is -3.10. The zero-order valence-electron chi connectivity index (χ0n) is 29.3. The van der Waals surface area contributed by atoms with Crippen LogP contribution in [0.3, 0.4) is 0 Å². The Morgan fingerprint density at radius 3 is 2.28 bits per heavy atom. The average Bonchev–Trinajstić information content (AvgIpc) is 3.58. The molecule has 7 unspecified atom stereocenters. The van der Waals surface area contributed by atoms with Crippen LogP contribution >= 0.6 is 0 Å². The number of nitrogens with zero attached hydrogens (tertiary/aromatic N) is 2. The van der Waals surface area contributed by atoms with Gasteiger partial charge in [0.05, 0.1) is 27.9 Å². The molecule has 8 heteroatoms. The summed E-state index contributed by atoms with van der Waals surface area (Å²) in [6, 6.07) is 11.1. The molecule has 7 rings (SSSR count). The fourth-order valence-corrected chi connectivity index (χ4v) is 10.8. The van der Waals surface area contributed by atoms with Crippen molar-refractivity contribution in [1.82, 2.24) is 9.80 Å². The number of carbonyl (C=O) groups is 2. The van der Waals surface area contributed by atoms with Crippen LogP contribution < -0.4 is 18.9 Å². The van der Waals surface area contributed by atoms with Crippen molar-refractivity contribution in [3.63, 3.8) is 0 Å². The number of ether oxygens (including phenoxy) is 4. The van der Waals surface area contributed by atoms with Crippen molar-refractivity contribution in [3.05, 3.63) is 47.0 Å². The molecule has 2 aromatic rings. The number of rotatable bonds is 10. The molecule has 7 atom stereocenters. The molecule has 3 aliphatic carbocycles. The molecule has 0 bridgehead atoms. The Morgan fingerprint density at radius 2 is 1.53 bits per heavy atom. The van der Waals surface area contributed by atoms with Crippen molar-refractivity contribution in [2.45, 2.75) is 93.5 Å². The maximum absolute atomic E-state index is 13.6. The monoisotopic (exact) mass is 644 g/mol. The Kier molecular flexibility index (Phi) is 8.14. The van der Waals surface area contributed by atoms with Crippen molar-refractivity contribution in [2.24, 2.45) is 11.8 Å². The topological polar surface area (TPSA) is 77.5 Å². The van der Waals surface area contributed by atoms with Crippen molar-refractivity contribution in [3.8, 4) is 23.0 Å². The third-order valence-electron chi connectivity index (χ3n) is 13.3. The van der Waals surface area contributed by atoms with Crippen LogP contribution in [-0.2, 0) is 25.8 Å². The summed E-state index contributed by atoms with van der Waals surface area (Å²) in [4.78, 5) is 31.2. The number of methoxy groups -OCH3 is 3. The smallest absolute Gasteiger partial charge is 0.161 e. The van der Waals surface area contributed by atoms with Crippen molar-refractivity contribution in [1.29, 1.82) is 0 Å². The largest absolute Gasteiger partial charge is 0.493 e. The van der Waals surface area contributed by atoms with Gasteiger partial charge in [-0.1, -0.05) is 19.9 Å². The molecule has 2 aliphatic heterocycles. The van der Waals surface area contributed by atoms with Gasteiger partial charge in [-0.25, -0.2) is 0 Å². The molecule has 4 fully saturated rings. The predicted octanol–water partition coefficient (Wildman–Crippen LogP) is 5.70. The van der Waals surface area contributed by atoms with Crippen LogP contribution in [0.4, 0.5) is 0 Å². The SMILES string of the molecule is COc1ccc(C23CCN(C)C2CC(=O)C(CC(C)CCOc2cc4c(cc2OC)C2(C)CC(=O)CC5N(C)CCC452)C3)cc1OC. The van der Waals surface area contributed by atoms with Gasteiger partial charge in [0.2, 0.25) is 0 Å². The molecule has 2 aromatic carbocycles. The summed E-state index contributed by atoms with van der Waals surface area (Å²) in [6.07, 6.45) is 6.52. The number of carbonyl (C=O) groups excluding carboxylic acids is 2. The highest BCUT2D eigenvalue weighted by molar-refractivity contribution is 5.86. The van der Waals surface area contributed by atoms with E-state index in [1.165, 1.54) is 16.7 Å². The molecule has 47 heavy (non-hydrogen) atoms. The summed E-state index contributed by atoms with van der Waals surface area (Å²) in [5.41, 5.74) is 3.61. The van der Waals surface area contributed by atoms with Gasteiger partial charge in [-0.3, -0.25) is 9.59 Å². The lowest BCUT2D eigenvalue weighted by atomic mass is 9.40. The Balaban J connectivity index is 1.05. The number of ketones is 2. The molecule has 5 aliphatic rings. The number of fused-ring (bicyclic) bond motifs is 3. The fraction of sp³-hybridized carbons (Fsp3) is 0.641. The third-order valence-corrected chi connectivity index (χ3v) is 13.3. The summed E-state index contributed by atoms with van der Waals surface area (Å²) in [6.45, 7) is 7.10. The van der Waals surface area contributed by atoms with Gasteiger partial charge in [-0.05, 0) is 106 Å². The minimum Gasteiger partial charge on any atom is -0.493 e. The quantitative estimate of drug-likeness (QED) is 0.326. The highest BCUT2D eigenvalue weighted by Crippen LogP contribution is 2.68. The standard InChI is InChI=1S/C39H52N2O6/c1-24(16-25-22-38(11-13-40(3)35(38)21-30(25)43)26-8-9-31(44-5)32(17-26)45-6)10-15-47-34-20-29-28(19-33(34)46-7)37(2)23-27(42)18-36-39(29,37)12-14-41(36)4/h8-9,17,19-20,24-25,35-36H,10-16,18,21-23H2,1-7H3. The van der Waals surface area contributed by atoms with E-state index in [9.17, 15) is 9.59 Å². The van der Waals surface area contributed by atoms with Crippen LogP contribution in [0.1, 0.15) is 81.9 Å². The summed E-state index contributed by atoms with van der Waals surface area (Å²) < 4.78 is 23.5. The zero-order valence-corrected chi connectivity index (χ0v) is 29.3. The second-order valence-corrected chi connectivity index (χ2v) is 15.5. The maximum atomic E-state index is 13.6. The number of hydrogen-bond donors (Lipinski definition) is 0. The lowest BCUT2D eigenvalue weighted by Crippen LogP contribution is -2.66. The second kappa shape index (κ2) is 11.8. The van der Waals surface area contributed by atoms with E-state index in [1.54, 1.807) is 21.3 Å². The van der Waals surface area contributed by atoms with E-state index in [2.05, 4.69) is 62.0 Å². The van der Waals surface area contributed by atoms with Crippen LogP contribution in [0.2, 0.25) is 0 Å². The summed E-state index contributed by atoms with van der Waals surface area (Å²) in [7, 11) is 9.37. The Bertz CT molecular complexity index is 1570. The highest BCUT2D eigenvalue weighted by atomic mass is 16.5. The lowest BCUT2D eigenvalue weighted by Gasteiger charge is -2.63. The van der Waals surface area contributed by atoms with E-state index in [1.807, 2.05) is 6.07 Å². The van der Waals surface area contributed by atoms with Gasteiger partial charge in [-0.15, -0.1) is 0 Å². The number of hydrogen-bond acceptors (Lipinski definition) is 8. The summed E-state index contributed by atoms with van der Waals surface area (Å²) in [5, 5.41) is 0. The number of likely N-dealkylation sites (N-methyl/N-ethyl adjacent to an activating group) is 2. The van der Waals surface area contributed by atoms with E-state index < -0.39 is 0 Å². The van der Waals surface area contributed by atoms with Gasteiger partial charge < -0.3 is 28.7 Å². The molecular formula is C39H52N2O6. The van der Waals surface area contributed by atoms with E-state index in [0.717, 1.165) is 68.2 Å². The number of Topliss-reactive ketones (excluding diaryl/α,β-unsaturated/α-hetero) is 2. The summed E-state index contributed by atoms with van der Waals surface area (Å²) >= 11 is 0. The lowest BCUT2D eigenvalue weighted by molar-refractivity contribution is -0.128. The first-order valence-electron chi connectivity index (χ1n) is 17.5. The highest BCUT2D eigenvalue weighted by Gasteiger charge is 2.69. The zero-order chi connectivity index (χ0) is 33.3. The first-order chi connectivity index (χ1) is 22.5. The van der Waals surface area contributed by atoms with E-state index >= 15 is 0 Å². The molecule has 2 saturated heterocycles. The summed E-state index contributed by atoms with van der Waals surface area (Å²) in [5.74, 6) is 4.11. The van der Waals surface area contributed by atoms with Gasteiger partial charge >= 0.3 is 0 Å². The van der Waals surface area contributed by atoms with Crippen LogP contribution in [0.25, 0.3) is 0 Å². The fourth-order valence-electron chi connectivity index (χ4n) is 10.8. The van der Waals surface area contributed by atoms with E-state index in [0.29, 0.717) is 43.4 Å². The van der Waals surface area contributed by atoms with Crippen molar-refractivity contribution in [2.75, 3.05) is 55.1 Å². The van der Waals surface area contributed by atoms with Gasteiger partial charge in [0.1, 0.15) is 11.6 Å². The van der Waals surface area contributed by atoms with Gasteiger partial charge in [0.15, 0.2) is 23.0 Å². The van der Waals surface area contributed by atoms with Crippen LogP contribution in [-0.4, -0.2) is 88.6 Å². The average molecular weight is 645 g/mol. The first-order valence-corrected chi connectivity index (χ1v) is 17.5. The molecule has 0 N–H and O–H groups in total. The molecule has 1 spiro atoms. The number of likely N-dealkylation sites (tertiary alicyclic amines) is 2. The predicted molar refractivity (Wildman–Crippen MR) is 181 cm³/mol. The maximum Gasteiger partial charge on any atom is 0.161 e. The normalized spacial score (nSPS) is 33.7. The molecule has 0 aromatic heterocycles. The third kappa shape index (κ3) is 4.75. The second-order valence-electron chi connectivity index (χ2n) is 15.5. The molecule has 0 amide bonds. The van der Waals surface area contributed by atoms with E-state index in [4.69, 9.17) is 18.9 Å². The van der Waals surface area contributed by atoms with E-state index in [-0.39, 0.29) is 34.2 Å². The van der Waals surface area contributed by atoms with Crippen molar-refractivity contribution >= 4 is 11.6 Å².